The van der Waals surface area contributed by atoms with E-state index in [0.717, 1.165) is 29.9 Å². The minimum Gasteiger partial charge on any atom is -0.388 e. The molecule has 4 heteroatoms. The zero-order chi connectivity index (χ0) is 14.1. The third-order valence-corrected chi connectivity index (χ3v) is 3.83. The molecule has 1 aromatic heterocycles. The smallest absolute Gasteiger partial charge is 0.0866 e. The topological polar surface area (TPSA) is 50.1 Å². The van der Waals surface area contributed by atoms with Crippen LogP contribution in [0.5, 0.6) is 0 Å². The average molecular weight is 271 g/mol. The molecule has 0 saturated carbocycles. The van der Waals surface area contributed by atoms with Crippen LogP contribution < -0.4 is 5.32 Å². The predicted molar refractivity (Wildman–Crippen MR) is 79.9 cm³/mol. The molecule has 2 N–H and O–H groups in total. The second kappa shape index (κ2) is 5.29. The number of aliphatic hydroxyl groups is 1. The third kappa shape index (κ3) is 2.43. The van der Waals surface area contributed by atoms with Gasteiger partial charge in [0.15, 0.2) is 0 Å². The van der Waals surface area contributed by atoms with E-state index in [0.29, 0.717) is 12.5 Å². The number of para-hydroxylation sites is 1. The molecule has 20 heavy (non-hydrogen) atoms. The number of aliphatic hydroxyl groups excluding tert-OH is 1. The van der Waals surface area contributed by atoms with E-state index < -0.39 is 6.10 Å². The van der Waals surface area contributed by atoms with E-state index in [-0.39, 0.29) is 0 Å². The van der Waals surface area contributed by atoms with Crippen LogP contribution in [0.2, 0.25) is 0 Å². The summed E-state index contributed by atoms with van der Waals surface area (Å²) in [6, 6.07) is 8.49. The van der Waals surface area contributed by atoms with Gasteiger partial charge in [0.25, 0.3) is 0 Å². The lowest BCUT2D eigenvalue weighted by molar-refractivity contribution is 0.177. The molecule has 0 saturated heterocycles. The van der Waals surface area contributed by atoms with E-state index in [1.807, 2.05) is 29.1 Å². The molecule has 2 aromatic rings. The van der Waals surface area contributed by atoms with Gasteiger partial charge in [0.1, 0.15) is 0 Å². The Kier molecular flexibility index (Phi) is 3.49. The largest absolute Gasteiger partial charge is 0.388 e. The molecule has 1 aliphatic heterocycles. The maximum absolute atomic E-state index is 10.5. The van der Waals surface area contributed by atoms with Gasteiger partial charge in [-0.3, -0.25) is 4.68 Å². The molecule has 1 atom stereocenters. The van der Waals surface area contributed by atoms with Crippen molar-refractivity contribution in [2.24, 2.45) is 0 Å². The van der Waals surface area contributed by atoms with Gasteiger partial charge in [-0.05, 0) is 31.9 Å². The number of anilines is 1. The molecule has 106 valence electrons. The fourth-order valence-corrected chi connectivity index (χ4v) is 2.73. The normalized spacial score (nSPS) is 15.2. The highest BCUT2D eigenvalue weighted by molar-refractivity contribution is 5.61. The van der Waals surface area contributed by atoms with E-state index in [4.69, 9.17) is 0 Å². The summed E-state index contributed by atoms with van der Waals surface area (Å²) in [5.41, 5.74) is 4.33. The predicted octanol–water partition coefficient (Wildman–Crippen LogP) is 2.71. The van der Waals surface area contributed by atoms with Crippen molar-refractivity contribution in [2.75, 3.05) is 11.9 Å². The minimum absolute atomic E-state index is 0.350. The van der Waals surface area contributed by atoms with Gasteiger partial charge < -0.3 is 10.4 Å². The van der Waals surface area contributed by atoms with Crippen molar-refractivity contribution in [3.05, 3.63) is 47.3 Å². The molecule has 0 spiro atoms. The standard InChI is InChI=1S/C16H21N3O/c1-11(2)19-9-7-13(18-19)10-15(20)14-5-3-4-12-6-8-17-16(12)14/h3-5,7,9,11,15,17,20H,6,8,10H2,1-2H3. The second-order valence-corrected chi connectivity index (χ2v) is 5.66. The highest BCUT2D eigenvalue weighted by Gasteiger charge is 2.19. The monoisotopic (exact) mass is 271 g/mol. The van der Waals surface area contributed by atoms with E-state index >= 15 is 0 Å². The zero-order valence-corrected chi connectivity index (χ0v) is 12.0. The van der Waals surface area contributed by atoms with E-state index in [1.54, 1.807) is 0 Å². The Morgan fingerprint density at radius 2 is 2.20 bits per heavy atom. The number of fused-ring (bicyclic) bond motifs is 1. The van der Waals surface area contributed by atoms with Crippen molar-refractivity contribution < 1.29 is 5.11 Å². The van der Waals surface area contributed by atoms with Gasteiger partial charge in [-0.25, -0.2) is 0 Å². The first kappa shape index (κ1) is 13.2. The van der Waals surface area contributed by atoms with Crippen LogP contribution in [-0.4, -0.2) is 21.4 Å². The molecule has 0 amide bonds. The van der Waals surface area contributed by atoms with Crippen LogP contribution in [0.3, 0.4) is 0 Å². The first-order valence-electron chi connectivity index (χ1n) is 7.23. The van der Waals surface area contributed by atoms with Crippen molar-refractivity contribution in [2.45, 2.75) is 38.8 Å². The van der Waals surface area contributed by atoms with Crippen LogP contribution in [-0.2, 0) is 12.8 Å². The lowest BCUT2D eigenvalue weighted by atomic mass is 10.00. The summed E-state index contributed by atoms with van der Waals surface area (Å²) in [5.74, 6) is 0. The summed E-state index contributed by atoms with van der Waals surface area (Å²) in [6.45, 7) is 5.16. The van der Waals surface area contributed by atoms with Crippen LogP contribution >= 0.6 is 0 Å². The second-order valence-electron chi connectivity index (χ2n) is 5.66. The van der Waals surface area contributed by atoms with Crippen LogP contribution in [0.4, 0.5) is 5.69 Å². The van der Waals surface area contributed by atoms with Crippen LogP contribution in [0.25, 0.3) is 0 Å². The third-order valence-electron chi connectivity index (χ3n) is 3.83. The van der Waals surface area contributed by atoms with Gasteiger partial charge in [0.05, 0.1) is 11.8 Å². The molecular formula is C16H21N3O. The van der Waals surface area contributed by atoms with Gasteiger partial charge in [-0.15, -0.1) is 0 Å². The number of nitrogens with one attached hydrogen (secondary N) is 1. The Morgan fingerprint density at radius 3 is 2.95 bits per heavy atom. The van der Waals surface area contributed by atoms with Gasteiger partial charge in [-0.2, -0.15) is 5.10 Å². The molecule has 1 aliphatic rings. The average Bonchev–Trinajstić information content (AvgIpc) is 3.05. The molecule has 0 fully saturated rings. The lowest BCUT2D eigenvalue weighted by Crippen LogP contribution is -2.07. The summed E-state index contributed by atoms with van der Waals surface area (Å²) in [5, 5.41) is 18.4. The highest BCUT2D eigenvalue weighted by atomic mass is 16.3. The molecule has 2 heterocycles. The van der Waals surface area contributed by atoms with Crippen molar-refractivity contribution in [1.29, 1.82) is 0 Å². The molecule has 4 nitrogen and oxygen atoms in total. The van der Waals surface area contributed by atoms with E-state index in [2.05, 4.69) is 30.3 Å². The maximum Gasteiger partial charge on any atom is 0.0866 e. The minimum atomic E-state index is -0.508. The quantitative estimate of drug-likeness (QED) is 0.899. The van der Waals surface area contributed by atoms with E-state index in [1.165, 1.54) is 5.56 Å². The first-order chi connectivity index (χ1) is 9.65. The SMILES string of the molecule is CC(C)n1ccc(CC(O)c2cccc3c2NCC3)n1. The van der Waals surface area contributed by atoms with Crippen molar-refractivity contribution >= 4 is 5.69 Å². The fourth-order valence-electron chi connectivity index (χ4n) is 2.73. The molecule has 1 unspecified atom stereocenters. The Hall–Kier alpha value is -1.81. The van der Waals surface area contributed by atoms with E-state index in [9.17, 15) is 5.11 Å². The Bertz CT molecular complexity index is 604. The molecule has 1 aromatic carbocycles. The van der Waals surface area contributed by atoms with Gasteiger partial charge >= 0.3 is 0 Å². The molecule has 0 aliphatic carbocycles. The Morgan fingerprint density at radius 1 is 1.35 bits per heavy atom. The number of aromatic nitrogens is 2. The summed E-state index contributed by atoms with van der Waals surface area (Å²) >= 11 is 0. The molecule has 0 bridgehead atoms. The Balaban J connectivity index is 1.79. The summed E-state index contributed by atoms with van der Waals surface area (Å²) < 4.78 is 1.93. The Labute approximate surface area is 119 Å². The van der Waals surface area contributed by atoms with Crippen LogP contribution in [0.1, 0.15) is 42.8 Å². The van der Waals surface area contributed by atoms with Gasteiger partial charge in [-0.1, -0.05) is 18.2 Å². The van der Waals surface area contributed by atoms with Crippen LogP contribution in [0, 0.1) is 0 Å². The number of hydrogen-bond donors (Lipinski definition) is 2. The number of nitrogens with zero attached hydrogens (tertiary/aromatic N) is 2. The fraction of sp³-hybridized carbons (Fsp3) is 0.438. The first-order valence-corrected chi connectivity index (χ1v) is 7.23. The molecule has 3 rings (SSSR count). The van der Waals surface area contributed by atoms with Crippen molar-refractivity contribution in [1.82, 2.24) is 9.78 Å². The molecule has 0 radical (unpaired) electrons. The summed E-state index contributed by atoms with van der Waals surface area (Å²) in [6.07, 6.45) is 3.06. The number of rotatable bonds is 4. The van der Waals surface area contributed by atoms with Gasteiger partial charge in [0, 0.05) is 36.5 Å². The summed E-state index contributed by atoms with van der Waals surface area (Å²) in [4.78, 5) is 0. The lowest BCUT2D eigenvalue weighted by Gasteiger charge is -2.14. The summed E-state index contributed by atoms with van der Waals surface area (Å²) in [7, 11) is 0. The van der Waals surface area contributed by atoms with Gasteiger partial charge in [0.2, 0.25) is 0 Å². The van der Waals surface area contributed by atoms with Crippen molar-refractivity contribution in [3.63, 3.8) is 0 Å². The number of hydrogen-bond acceptors (Lipinski definition) is 3. The zero-order valence-electron chi connectivity index (χ0n) is 12.0. The molecular weight excluding hydrogens is 250 g/mol. The highest BCUT2D eigenvalue weighted by Crippen LogP contribution is 2.32. The maximum atomic E-state index is 10.5. The van der Waals surface area contributed by atoms with Crippen molar-refractivity contribution in [3.8, 4) is 0 Å². The number of benzene rings is 1. The van der Waals surface area contributed by atoms with Crippen LogP contribution in [0.15, 0.2) is 30.5 Å².